The van der Waals surface area contributed by atoms with Crippen molar-refractivity contribution in [3.05, 3.63) is 12.2 Å². The van der Waals surface area contributed by atoms with Gasteiger partial charge in [-0.05, 0) is 79.6 Å². The Kier molecular flexibility index (Phi) is 14.5. The maximum absolute atomic E-state index is 12.4. The minimum Gasteiger partial charge on any atom is -0.463 e. The van der Waals surface area contributed by atoms with Gasteiger partial charge < -0.3 is 52.1 Å². The van der Waals surface area contributed by atoms with Gasteiger partial charge in [-0.2, -0.15) is 0 Å². The van der Waals surface area contributed by atoms with Gasteiger partial charge >= 0.3 is 29.8 Å². The number of rotatable bonds is 13. The Labute approximate surface area is 358 Å². The molecule has 342 valence electrons. The van der Waals surface area contributed by atoms with Gasteiger partial charge in [0.25, 0.3) is 0 Å². The van der Waals surface area contributed by atoms with Crippen LogP contribution in [-0.2, 0) is 76.1 Å². The second-order valence-electron chi connectivity index (χ2n) is 18.8. The summed E-state index contributed by atoms with van der Waals surface area (Å²) in [5.74, 6) is 0.246. The fourth-order valence-electron chi connectivity index (χ4n) is 12.1. The largest absolute Gasteiger partial charge is 0.463 e. The molecule has 61 heavy (non-hydrogen) atoms. The Morgan fingerprint density at radius 2 is 1.38 bits per heavy atom. The number of hydrogen-bond donors (Lipinski definition) is 0. The normalized spacial score (nSPS) is 42.0. The van der Waals surface area contributed by atoms with Crippen LogP contribution in [0.15, 0.2) is 12.2 Å². The predicted octanol–water partition coefficient (Wildman–Crippen LogP) is 5.39. The van der Waals surface area contributed by atoms with E-state index in [1.807, 2.05) is 0 Å². The molecule has 3 heterocycles. The second kappa shape index (κ2) is 19.3. The summed E-state index contributed by atoms with van der Waals surface area (Å²) in [5.41, 5.74) is 0.371. The van der Waals surface area contributed by atoms with Gasteiger partial charge in [0.2, 0.25) is 0 Å². The molecule has 4 aliphatic carbocycles. The molecule has 16 atom stereocenters. The van der Waals surface area contributed by atoms with E-state index in [0.717, 1.165) is 49.5 Å². The van der Waals surface area contributed by atoms with Crippen LogP contribution in [0, 0.1) is 29.1 Å². The highest BCUT2D eigenvalue weighted by Gasteiger charge is 2.64. The lowest BCUT2D eigenvalue weighted by atomic mass is 9.49. The molecule has 0 aromatic heterocycles. The van der Waals surface area contributed by atoms with Crippen molar-refractivity contribution in [2.24, 2.45) is 29.1 Å². The van der Waals surface area contributed by atoms with Gasteiger partial charge in [0.15, 0.2) is 25.0 Å². The molecular weight excluding hydrogens is 796 g/mol. The van der Waals surface area contributed by atoms with Crippen LogP contribution in [0.3, 0.4) is 0 Å². The van der Waals surface area contributed by atoms with Crippen LogP contribution in [0.4, 0.5) is 0 Å². The van der Waals surface area contributed by atoms with E-state index in [-0.39, 0.29) is 50.9 Å². The second-order valence-corrected chi connectivity index (χ2v) is 18.8. The van der Waals surface area contributed by atoms with Gasteiger partial charge in [-0.25, -0.2) is 0 Å². The number of esters is 5. The first kappa shape index (κ1) is 45.9. The standard InChI is InChI=1S/C45H66O16/c1-24-9-8-10-36-35(24)11-13-44-19-25(2)45(23-44,14-12-37(36)44)61-43-41(60-42-39(56-30(7)50)17-33(22-53-42)55-29(6)49)38(16-34(58-43)21-52-27(4)47)59-40-18-31(54-28(5)48)15-32(57-40)20-51-26(3)46/h24,31-43H,2,8-23H2,1,3-7H3/t24?,31?,32?,33?,34?,35?,36?,37?,38?,39?,40?,41-,42?,43?,44?,45+/m1/s1. The Balaban J connectivity index is 1.20. The molecule has 0 amide bonds. The summed E-state index contributed by atoms with van der Waals surface area (Å²) in [5, 5.41) is 0. The number of hydrogen-bond acceptors (Lipinski definition) is 16. The highest BCUT2D eigenvalue weighted by Crippen LogP contribution is 2.68. The Morgan fingerprint density at radius 1 is 0.689 bits per heavy atom. The van der Waals surface area contributed by atoms with Gasteiger partial charge in [0.05, 0.1) is 30.5 Å². The van der Waals surface area contributed by atoms with E-state index in [9.17, 15) is 24.0 Å². The molecule has 0 N–H and O–H groups in total. The molecule has 14 unspecified atom stereocenters. The summed E-state index contributed by atoms with van der Waals surface area (Å²) < 4.78 is 67.7. The molecule has 1 spiro atoms. The Bertz CT molecular complexity index is 1630. The van der Waals surface area contributed by atoms with Crippen LogP contribution >= 0.6 is 0 Å². The topological polar surface area (TPSA) is 187 Å². The third-order valence-corrected chi connectivity index (χ3v) is 14.4. The van der Waals surface area contributed by atoms with Crippen molar-refractivity contribution in [1.29, 1.82) is 0 Å². The molecule has 4 saturated carbocycles. The number of carbonyl (C=O) groups is 5. The van der Waals surface area contributed by atoms with Crippen molar-refractivity contribution in [2.75, 3.05) is 19.8 Å². The molecule has 0 radical (unpaired) electrons. The van der Waals surface area contributed by atoms with Crippen molar-refractivity contribution < 1.29 is 76.1 Å². The SMILES string of the molecule is C=C1CC23CCC4C(C)CCCC4C2CC[C@]1(OC1OC(COC(C)=O)CC(OC2CC(OC(C)=O)CC(COC(C)=O)O2)[C@H]1OC1OCC(OC(C)=O)CC1OC(C)=O)C3. The van der Waals surface area contributed by atoms with Crippen LogP contribution in [0.5, 0.6) is 0 Å². The van der Waals surface area contributed by atoms with Gasteiger partial charge in [0, 0.05) is 60.3 Å². The minimum atomic E-state index is -1.15. The van der Waals surface area contributed by atoms with Gasteiger partial charge in [0.1, 0.15) is 31.5 Å². The number of fused-ring (bicyclic) bond motifs is 3. The highest BCUT2D eigenvalue weighted by atomic mass is 16.8. The zero-order valence-electron chi connectivity index (χ0n) is 36.6. The first-order valence-corrected chi connectivity index (χ1v) is 22.4. The molecular formula is C45H66O16. The molecule has 3 saturated heterocycles. The maximum atomic E-state index is 12.4. The molecule has 0 aromatic carbocycles. The summed E-state index contributed by atoms with van der Waals surface area (Å²) in [7, 11) is 0. The third-order valence-electron chi connectivity index (χ3n) is 14.4. The quantitative estimate of drug-likeness (QED) is 0.0992. The van der Waals surface area contributed by atoms with Crippen LogP contribution in [0.25, 0.3) is 0 Å². The molecule has 2 bridgehead atoms. The van der Waals surface area contributed by atoms with Crippen LogP contribution in [0.1, 0.15) is 125 Å². The monoisotopic (exact) mass is 862 g/mol. The van der Waals surface area contributed by atoms with Gasteiger partial charge in [-0.1, -0.05) is 26.3 Å². The van der Waals surface area contributed by atoms with Gasteiger partial charge in [-0.3, -0.25) is 24.0 Å². The summed E-state index contributed by atoms with van der Waals surface area (Å²) >= 11 is 0. The van der Waals surface area contributed by atoms with E-state index in [1.54, 1.807) is 0 Å². The van der Waals surface area contributed by atoms with E-state index >= 15 is 0 Å². The van der Waals surface area contributed by atoms with Crippen molar-refractivity contribution in [1.82, 2.24) is 0 Å². The van der Waals surface area contributed by atoms with Crippen LogP contribution < -0.4 is 0 Å². The maximum Gasteiger partial charge on any atom is 0.303 e. The summed E-state index contributed by atoms with van der Waals surface area (Å²) in [4.78, 5) is 60.4. The molecule has 7 rings (SSSR count). The van der Waals surface area contributed by atoms with Crippen molar-refractivity contribution >= 4 is 29.8 Å². The van der Waals surface area contributed by atoms with Crippen molar-refractivity contribution in [3.8, 4) is 0 Å². The summed E-state index contributed by atoms with van der Waals surface area (Å²) in [6.45, 7) is 13.4. The smallest absolute Gasteiger partial charge is 0.303 e. The van der Waals surface area contributed by atoms with Crippen LogP contribution in [-0.4, -0.2) is 117 Å². The van der Waals surface area contributed by atoms with Crippen LogP contribution in [0.2, 0.25) is 0 Å². The average molecular weight is 863 g/mol. The molecule has 7 aliphatic rings. The Hall–Kier alpha value is -3.15. The summed E-state index contributed by atoms with van der Waals surface area (Å²) in [6, 6.07) is 0. The van der Waals surface area contributed by atoms with Crippen molar-refractivity contribution in [3.63, 3.8) is 0 Å². The highest BCUT2D eigenvalue weighted by molar-refractivity contribution is 5.67. The predicted molar refractivity (Wildman–Crippen MR) is 212 cm³/mol. The first-order chi connectivity index (χ1) is 29.0. The number of carbonyl (C=O) groups excluding carboxylic acids is 5. The lowest BCUT2D eigenvalue weighted by molar-refractivity contribution is -0.366. The molecule has 0 aromatic rings. The molecule has 16 nitrogen and oxygen atoms in total. The fourth-order valence-corrected chi connectivity index (χ4v) is 12.1. The zero-order chi connectivity index (χ0) is 43.6. The van der Waals surface area contributed by atoms with Gasteiger partial charge in [-0.15, -0.1) is 0 Å². The zero-order valence-corrected chi connectivity index (χ0v) is 36.6. The minimum absolute atomic E-state index is 0.0270. The van der Waals surface area contributed by atoms with E-state index in [0.29, 0.717) is 11.8 Å². The lowest BCUT2D eigenvalue weighted by Gasteiger charge is -2.57. The average Bonchev–Trinajstić information content (AvgIpc) is 3.37. The molecule has 7 fully saturated rings. The third kappa shape index (κ3) is 10.8. The van der Waals surface area contributed by atoms with E-state index in [2.05, 4.69) is 13.5 Å². The summed E-state index contributed by atoms with van der Waals surface area (Å²) in [6.07, 6.45) is 1.52. The Morgan fingerprint density at radius 3 is 2.07 bits per heavy atom. The fraction of sp³-hybridized carbons (Fsp3) is 0.844. The number of ether oxygens (including phenoxy) is 11. The first-order valence-electron chi connectivity index (χ1n) is 22.4. The molecule has 3 aliphatic heterocycles. The van der Waals surface area contributed by atoms with E-state index in [1.165, 1.54) is 60.3 Å². The van der Waals surface area contributed by atoms with E-state index < -0.39 is 97.0 Å². The molecule has 16 heteroatoms. The van der Waals surface area contributed by atoms with E-state index in [4.69, 9.17) is 52.1 Å². The van der Waals surface area contributed by atoms with Crippen molar-refractivity contribution in [2.45, 2.75) is 192 Å². The lowest BCUT2D eigenvalue weighted by Crippen LogP contribution is -2.60.